The van der Waals surface area contributed by atoms with E-state index < -0.39 is 5.97 Å². The highest BCUT2D eigenvalue weighted by Gasteiger charge is 2.10. The molecule has 1 rings (SSSR count). The molecule has 4 nitrogen and oxygen atoms in total. The van der Waals surface area contributed by atoms with E-state index in [-0.39, 0.29) is 5.69 Å². The third kappa shape index (κ3) is 1.58. The van der Waals surface area contributed by atoms with Crippen molar-refractivity contribution in [3.8, 4) is 0 Å². The van der Waals surface area contributed by atoms with E-state index in [0.717, 1.165) is 5.69 Å². The van der Waals surface area contributed by atoms with E-state index in [0.29, 0.717) is 12.1 Å². The maximum absolute atomic E-state index is 10.6. The third-order valence-corrected chi connectivity index (χ3v) is 1.50. The number of carbonyl (C=O) groups is 1. The number of hydrogen-bond donors (Lipinski definition) is 1. The molecular weight excluding hydrogens is 156 g/mol. The largest absolute Gasteiger partial charge is 0.476 e. The zero-order valence-corrected chi connectivity index (χ0v) is 7.03. The summed E-state index contributed by atoms with van der Waals surface area (Å²) in [5.41, 5.74) is 1.35. The summed E-state index contributed by atoms with van der Waals surface area (Å²) in [4.78, 5) is 18.4. The fourth-order valence-corrected chi connectivity index (χ4v) is 0.952. The van der Waals surface area contributed by atoms with Gasteiger partial charge in [0.2, 0.25) is 0 Å². The van der Waals surface area contributed by atoms with Crippen LogP contribution in [-0.4, -0.2) is 21.0 Å². The van der Waals surface area contributed by atoms with Gasteiger partial charge in [0.15, 0.2) is 5.69 Å². The number of hydrogen-bond acceptors (Lipinski definition) is 3. The van der Waals surface area contributed by atoms with Gasteiger partial charge in [-0.25, -0.2) is 9.78 Å². The van der Waals surface area contributed by atoms with E-state index in [1.54, 1.807) is 6.92 Å². The predicted octanol–water partition coefficient (Wildman–Crippen LogP) is 1.05. The van der Waals surface area contributed by atoms with Gasteiger partial charge >= 0.3 is 5.97 Å². The Kier molecular flexibility index (Phi) is 2.38. The Labute approximate surface area is 70.3 Å². The summed E-state index contributed by atoms with van der Waals surface area (Å²) in [7, 11) is 0. The highest BCUT2D eigenvalue weighted by atomic mass is 16.4. The first-order valence-corrected chi connectivity index (χ1v) is 3.71. The molecule has 0 atom stereocenters. The standard InChI is InChI=1S/C8H10N2O2/c1-3-6-7(8(11)12)9-4-5(2)10-6/h4H,3H2,1-2H3,(H,11,12). The van der Waals surface area contributed by atoms with Crippen molar-refractivity contribution in [2.75, 3.05) is 0 Å². The zero-order chi connectivity index (χ0) is 9.14. The van der Waals surface area contributed by atoms with Crippen LogP contribution in [0.1, 0.15) is 28.8 Å². The van der Waals surface area contributed by atoms with E-state index in [1.165, 1.54) is 6.20 Å². The summed E-state index contributed by atoms with van der Waals surface area (Å²) >= 11 is 0. The molecule has 1 aromatic rings. The van der Waals surface area contributed by atoms with Crippen LogP contribution in [0.2, 0.25) is 0 Å². The number of carboxylic acid groups (broad SMARTS) is 1. The first-order valence-electron chi connectivity index (χ1n) is 3.71. The lowest BCUT2D eigenvalue weighted by atomic mass is 10.2. The van der Waals surface area contributed by atoms with Gasteiger partial charge in [-0.15, -0.1) is 0 Å². The number of rotatable bonds is 2. The molecule has 0 radical (unpaired) electrons. The van der Waals surface area contributed by atoms with Crippen molar-refractivity contribution in [3.05, 3.63) is 23.3 Å². The molecule has 4 heteroatoms. The number of aromatic nitrogens is 2. The van der Waals surface area contributed by atoms with Crippen LogP contribution in [0.3, 0.4) is 0 Å². The van der Waals surface area contributed by atoms with Crippen molar-refractivity contribution in [1.29, 1.82) is 0 Å². The Morgan fingerprint density at radius 2 is 2.33 bits per heavy atom. The quantitative estimate of drug-likeness (QED) is 0.713. The summed E-state index contributed by atoms with van der Waals surface area (Å²) in [6.07, 6.45) is 2.05. The van der Waals surface area contributed by atoms with Gasteiger partial charge in [-0.3, -0.25) is 4.98 Å². The van der Waals surface area contributed by atoms with Crippen LogP contribution >= 0.6 is 0 Å². The van der Waals surface area contributed by atoms with E-state index in [9.17, 15) is 4.79 Å². The van der Waals surface area contributed by atoms with Crippen LogP contribution in [0.4, 0.5) is 0 Å². The molecule has 0 bridgehead atoms. The second-order valence-corrected chi connectivity index (χ2v) is 2.47. The Morgan fingerprint density at radius 3 is 2.83 bits per heavy atom. The molecule has 0 fully saturated rings. The lowest BCUT2D eigenvalue weighted by molar-refractivity contribution is 0.0688. The maximum atomic E-state index is 10.6. The Morgan fingerprint density at radius 1 is 1.67 bits per heavy atom. The number of aromatic carboxylic acids is 1. The highest BCUT2D eigenvalue weighted by molar-refractivity contribution is 5.86. The topological polar surface area (TPSA) is 63.1 Å². The molecular formula is C8H10N2O2. The average Bonchev–Trinajstić information content (AvgIpc) is 2.03. The van der Waals surface area contributed by atoms with Crippen LogP contribution in [0.5, 0.6) is 0 Å². The van der Waals surface area contributed by atoms with Crippen molar-refractivity contribution < 1.29 is 9.90 Å². The van der Waals surface area contributed by atoms with Crippen molar-refractivity contribution in [3.63, 3.8) is 0 Å². The van der Waals surface area contributed by atoms with Gasteiger partial charge in [0.25, 0.3) is 0 Å². The summed E-state index contributed by atoms with van der Waals surface area (Å²) in [5.74, 6) is -1.01. The smallest absolute Gasteiger partial charge is 0.356 e. The molecule has 0 saturated heterocycles. The van der Waals surface area contributed by atoms with E-state index in [4.69, 9.17) is 5.11 Å². The minimum atomic E-state index is -1.01. The van der Waals surface area contributed by atoms with Gasteiger partial charge in [0.1, 0.15) is 0 Å². The Hall–Kier alpha value is -1.45. The van der Waals surface area contributed by atoms with Crippen molar-refractivity contribution >= 4 is 5.97 Å². The lowest BCUT2D eigenvalue weighted by Crippen LogP contribution is -2.07. The second-order valence-electron chi connectivity index (χ2n) is 2.47. The van der Waals surface area contributed by atoms with Crippen LogP contribution in [-0.2, 0) is 6.42 Å². The fraction of sp³-hybridized carbons (Fsp3) is 0.375. The molecule has 1 heterocycles. The Balaban J connectivity index is 3.20. The molecule has 0 amide bonds. The van der Waals surface area contributed by atoms with Crippen molar-refractivity contribution in [1.82, 2.24) is 9.97 Å². The third-order valence-electron chi connectivity index (χ3n) is 1.50. The van der Waals surface area contributed by atoms with Crippen LogP contribution in [0.25, 0.3) is 0 Å². The average molecular weight is 166 g/mol. The maximum Gasteiger partial charge on any atom is 0.356 e. The van der Waals surface area contributed by atoms with Crippen molar-refractivity contribution in [2.24, 2.45) is 0 Å². The summed E-state index contributed by atoms with van der Waals surface area (Å²) in [6, 6.07) is 0. The van der Waals surface area contributed by atoms with Gasteiger partial charge < -0.3 is 5.11 Å². The van der Waals surface area contributed by atoms with Gasteiger partial charge in [-0.1, -0.05) is 6.92 Å². The molecule has 0 saturated carbocycles. The Bertz CT molecular complexity index is 310. The van der Waals surface area contributed by atoms with Gasteiger partial charge in [0.05, 0.1) is 11.4 Å². The van der Waals surface area contributed by atoms with Gasteiger partial charge in [-0.05, 0) is 13.3 Å². The number of aryl methyl sites for hydroxylation is 2. The molecule has 0 aliphatic carbocycles. The normalized spacial score (nSPS) is 9.83. The molecule has 0 spiro atoms. The zero-order valence-electron chi connectivity index (χ0n) is 7.03. The number of carboxylic acids is 1. The SMILES string of the molecule is CCc1nc(C)cnc1C(=O)O. The summed E-state index contributed by atoms with van der Waals surface area (Å²) in [5, 5.41) is 8.69. The first-order chi connectivity index (χ1) is 5.65. The summed E-state index contributed by atoms with van der Waals surface area (Å²) < 4.78 is 0. The van der Waals surface area contributed by atoms with E-state index in [2.05, 4.69) is 9.97 Å². The van der Waals surface area contributed by atoms with Crippen LogP contribution < -0.4 is 0 Å². The van der Waals surface area contributed by atoms with Gasteiger partial charge in [-0.2, -0.15) is 0 Å². The fourth-order valence-electron chi connectivity index (χ4n) is 0.952. The van der Waals surface area contributed by atoms with Crippen molar-refractivity contribution in [2.45, 2.75) is 20.3 Å². The molecule has 0 aromatic carbocycles. The van der Waals surface area contributed by atoms with Gasteiger partial charge in [0, 0.05) is 6.20 Å². The molecule has 0 aliphatic rings. The van der Waals surface area contributed by atoms with E-state index in [1.807, 2.05) is 6.92 Å². The molecule has 12 heavy (non-hydrogen) atoms. The molecule has 1 aromatic heterocycles. The monoisotopic (exact) mass is 166 g/mol. The minimum Gasteiger partial charge on any atom is -0.476 e. The van der Waals surface area contributed by atoms with E-state index >= 15 is 0 Å². The minimum absolute atomic E-state index is 0.0584. The molecule has 0 aliphatic heterocycles. The molecule has 1 N–H and O–H groups in total. The predicted molar refractivity (Wildman–Crippen MR) is 43.1 cm³/mol. The molecule has 64 valence electrons. The van der Waals surface area contributed by atoms with Crippen LogP contribution in [0, 0.1) is 6.92 Å². The van der Waals surface area contributed by atoms with Crippen LogP contribution in [0.15, 0.2) is 6.20 Å². The number of nitrogens with zero attached hydrogens (tertiary/aromatic N) is 2. The summed E-state index contributed by atoms with van der Waals surface area (Å²) in [6.45, 7) is 3.65. The second kappa shape index (κ2) is 3.30. The molecule has 0 unspecified atom stereocenters. The lowest BCUT2D eigenvalue weighted by Gasteiger charge is -2.01. The first kappa shape index (κ1) is 8.64. The highest BCUT2D eigenvalue weighted by Crippen LogP contribution is 2.04.